The second kappa shape index (κ2) is 7.90. The molecule has 0 heterocycles. The summed E-state index contributed by atoms with van der Waals surface area (Å²) in [6.07, 6.45) is 1.60. The fourth-order valence-electron chi connectivity index (χ4n) is 3.39. The molecule has 5 heteroatoms. The van der Waals surface area contributed by atoms with Crippen molar-refractivity contribution in [1.82, 2.24) is 0 Å². The van der Waals surface area contributed by atoms with Crippen LogP contribution >= 0.6 is 0 Å². The van der Waals surface area contributed by atoms with E-state index < -0.39 is 11.9 Å². The molecule has 4 aromatic carbocycles. The molecule has 2 N–H and O–H groups in total. The van der Waals surface area contributed by atoms with Gasteiger partial charge in [-0.15, -0.1) is 0 Å². The van der Waals surface area contributed by atoms with Crippen molar-refractivity contribution in [2.75, 3.05) is 5.32 Å². The summed E-state index contributed by atoms with van der Waals surface area (Å²) in [6, 6.07) is 25.5. The van der Waals surface area contributed by atoms with Gasteiger partial charge in [0.25, 0.3) is 5.91 Å². The van der Waals surface area contributed by atoms with Gasteiger partial charge in [-0.05, 0) is 63.5 Å². The molecule has 5 nitrogen and oxygen atoms in total. The molecule has 144 valence electrons. The number of nitrogens with zero attached hydrogens (tertiary/aromatic N) is 1. The predicted octanol–water partition coefficient (Wildman–Crippen LogP) is 5.24. The maximum atomic E-state index is 12.7. The summed E-state index contributed by atoms with van der Waals surface area (Å²) in [4.78, 5) is 23.7. The first kappa shape index (κ1) is 18.9. The molecule has 1 amide bonds. The van der Waals surface area contributed by atoms with Gasteiger partial charge >= 0.3 is 5.97 Å². The van der Waals surface area contributed by atoms with E-state index in [1.165, 1.54) is 24.3 Å². The van der Waals surface area contributed by atoms with Crippen LogP contribution in [0.2, 0.25) is 0 Å². The van der Waals surface area contributed by atoms with Crippen LogP contribution in [0.4, 0.5) is 5.69 Å². The van der Waals surface area contributed by atoms with E-state index in [2.05, 4.69) is 11.4 Å². The number of nitriles is 1. The van der Waals surface area contributed by atoms with Gasteiger partial charge < -0.3 is 10.4 Å². The van der Waals surface area contributed by atoms with Gasteiger partial charge in [0, 0.05) is 5.69 Å². The summed E-state index contributed by atoms with van der Waals surface area (Å²) in [5.41, 5.74) is 1.29. The highest BCUT2D eigenvalue weighted by molar-refractivity contribution is 6.14. The number of amides is 1. The van der Waals surface area contributed by atoms with E-state index in [0.717, 1.165) is 27.1 Å². The zero-order chi connectivity index (χ0) is 21.1. The van der Waals surface area contributed by atoms with Crippen molar-refractivity contribution in [3.8, 4) is 6.07 Å². The van der Waals surface area contributed by atoms with Crippen molar-refractivity contribution in [2.24, 2.45) is 0 Å². The number of anilines is 1. The molecule has 0 saturated carbocycles. The minimum absolute atomic E-state index is 0.0428. The number of aromatic carboxylic acids is 1. The van der Waals surface area contributed by atoms with E-state index in [4.69, 9.17) is 5.11 Å². The first-order valence-corrected chi connectivity index (χ1v) is 9.24. The maximum absolute atomic E-state index is 12.7. The van der Waals surface area contributed by atoms with E-state index in [1.54, 1.807) is 6.08 Å². The molecule has 0 aliphatic rings. The summed E-state index contributed by atoms with van der Waals surface area (Å²) in [6.45, 7) is 0. The Morgan fingerprint density at radius 1 is 0.867 bits per heavy atom. The number of nitrogens with one attached hydrogen (secondary N) is 1. The van der Waals surface area contributed by atoms with E-state index in [0.29, 0.717) is 5.69 Å². The Balaban J connectivity index is 1.76. The smallest absolute Gasteiger partial charge is 0.335 e. The number of carboxylic acid groups (broad SMARTS) is 1. The van der Waals surface area contributed by atoms with Crippen LogP contribution in [-0.4, -0.2) is 17.0 Å². The Bertz CT molecular complexity index is 1310. The van der Waals surface area contributed by atoms with Crippen molar-refractivity contribution < 1.29 is 14.7 Å². The third kappa shape index (κ3) is 3.62. The number of fused-ring (bicyclic) bond motifs is 2. The highest BCUT2D eigenvalue weighted by Gasteiger charge is 2.13. The monoisotopic (exact) mass is 392 g/mol. The van der Waals surface area contributed by atoms with Gasteiger partial charge in [0.1, 0.15) is 11.6 Å². The highest BCUT2D eigenvalue weighted by Crippen LogP contribution is 2.30. The molecule has 4 rings (SSSR count). The minimum atomic E-state index is -1.05. The van der Waals surface area contributed by atoms with E-state index in [9.17, 15) is 14.9 Å². The molecule has 0 fully saturated rings. The number of hydrogen-bond acceptors (Lipinski definition) is 3. The molecule has 0 spiro atoms. The van der Waals surface area contributed by atoms with Crippen LogP contribution in [-0.2, 0) is 4.79 Å². The predicted molar refractivity (Wildman–Crippen MR) is 117 cm³/mol. The van der Waals surface area contributed by atoms with Gasteiger partial charge in [0.2, 0.25) is 0 Å². The minimum Gasteiger partial charge on any atom is -0.478 e. The Labute approximate surface area is 172 Å². The van der Waals surface area contributed by atoms with Crippen LogP contribution in [0.5, 0.6) is 0 Å². The topological polar surface area (TPSA) is 90.2 Å². The molecule has 0 unspecified atom stereocenters. The van der Waals surface area contributed by atoms with Crippen molar-refractivity contribution in [3.63, 3.8) is 0 Å². The van der Waals surface area contributed by atoms with Gasteiger partial charge in [-0.3, -0.25) is 4.79 Å². The molecule has 0 aliphatic carbocycles. The summed E-state index contributed by atoms with van der Waals surface area (Å²) >= 11 is 0. The van der Waals surface area contributed by atoms with Crippen LogP contribution in [0.25, 0.3) is 27.6 Å². The second-order valence-corrected chi connectivity index (χ2v) is 6.74. The number of carboxylic acids is 1. The Kier molecular flexibility index (Phi) is 4.98. The van der Waals surface area contributed by atoms with Crippen LogP contribution in [0.1, 0.15) is 15.9 Å². The number of hydrogen-bond donors (Lipinski definition) is 2. The van der Waals surface area contributed by atoms with E-state index in [-0.39, 0.29) is 11.1 Å². The van der Waals surface area contributed by atoms with Gasteiger partial charge in [-0.25, -0.2) is 4.79 Å². The Morgan fingerprint density at radius 2 is 1.43 bits per heavy atom. The van der Waals surface area contributed by atoms with Crippen molar-refractivity contribution >= 4 is 45.2 Å². The fraction of sp³-hybridized carbons (Fsp3) is 0. The lowest BCUT2D eigenvalue weighted by molar-refractivity contribution is -0.112. The standard InChI is InChI=1S/C25H16N2O3/c26-15-19(24(28)27-20-11-9-16(10-12-20)25(29)30)14-23-21-7-3-1-5-17(21)13-18-6-2-4-8-22(18)23/h1-14H,(H,27,28)(H,29,30). The summed E-state index contributed by atoms with van der Waals surface area (Å²) in [7, 11) is 0. The van der Waals surface area contributed by atoms with Gasteiger partial charge in [-0.1, -0.05) is 48.5 Å². The lowest BCUT2D eigenvalue weighted by Crippen LogP contribution is -2.13. The average Bonchev–Trinajstić information content (AvgIpc) is 2.77. The van der Waals surface area contributed by atoms with Crippen molar-refractivity contribution in [3.05, 3.63) is 95.6 Å². The molecule has 0 atom stereocenters. The molecule has 0 bridgehead atoms. The number of carbonyl (C=O) groups is 2. The molecule has 0 saturated heterocycles. The maximum Gasteiger partial charge on any atom is 0.335 e. The highest BCUT2D eigenvalue weighted by atomic mass is 16.4. The third-order valence-corrected chi connectivity index (χ3v) is 4.86. The Hall–Kier alpha value is -4.43. The molecule has 0 aromatic heterocycles. The third-order valence-electron chi connectivity index (χ3n) is 4.86. The molecular weight excluding hydrogens is 376 g/mol. The van der Waals surface area contributed by atoms with Gasteiger partial charge in [0.05, 0.1) is 5.56 Å². The Morgan fingerprint density at radius 3 is 1.97 bits per heavy atom. The lowest BCUT2D eigenvalue weighted by Gasteiger charge is -2.10. The molecular formula is C25H16N2O3. The van der Waals surface area contributed by atoms with Crippen molar-refractivity contribution in [1.29, 1.82) is 5.26 Å². The molecule has 4 aromatic rings. The SMILES string of the molecule is N#CC(=Cc1c2ccccc2cc2ccccc12)C(=O)Nc1ccc(C(=O)O)cc1. The zero-order valence-corrected chi connectivity index (χ0v) is 15.8. The first-order valence-electron chi connectivity index (χ1n) is 9.24. The van der Waals surface area contributed by atoms with Crippen LogP contribution in [0.15, 0.2) is 84.4 Å². The average molecular weight is 392 g/mol. The summed E-state index contributed by atoms with van der Waals surface area (Å²) < 4.78 is 0. The molecule has 0 radical (unpaired) electrons. The van der Waals surface area contributed by atoms with E-state index in [1.807, 2.05) is 54.6 Å². The number of rotatable bonds is 4. The number of benzene rings is 4. The quantitative estimate of drug-likeness (QED) is 0.282. The zero-order valence-electron chi connectivity index (χ0n) is 15.8. The van der Waals surface area contributed by atoms with Crippen LogP contribution in [0.3, 0.4) is 0 Å². The van der Waals surface area contributed by atoms with Gasteiger partial charge in [0.15, 0.2) is 0 Å². The first-order chi connectivity index (χ1) is 14.6. The van der Waals surface area contributed by atoms with Gasteiger partial charge in [-0.2, -0.15) is 5.26 Å². The number of carbonyl (C=O) groups excluding carboxylic acids is 1. The largest absolute Gasteiger partial charge is 0.478 e. The normalized spacial score (nSPS) is 11.2. The molecule has 30 heavy (non-hydrogen) atoms. The summed E-state index contributed by atoms with van der Waals surface area (Å²) in [5, 5.41) is 25.2. The van der Waals surface area contributed by atoms with Crippen LogP contribution < -0.4 is 5.32 Å². The van der Waals surface area contributed by atoms with Crippen molar-refractivity contribution in [2.45, 2.75) is 0 Å². The fourth-order valence-corrected chi connectivity index (χ4v) is 3.39. The van der Waals surface area contributed by atoms with E-state index >= 15 is 0 Å². The summed E-state index contributed by atoms with van der Waals surface area (Å²) in [5.74, 6) is -1.61. The second-order valence-electron chi connectivity index (χ2n) is 6.74. The van der Waals surface area contributed by atoms with Crippen LogP contribution in [0, 0.1) is 11.3 Å². The lowest BCUT2D eigenvalue weighted by atomic mass is 9.95. The molecule has 0 aliphatic heterocycles.